The lowest BCUT2D eigenvalue weighted by Crippen LogP contribution is -2.51. The molecule has 0 radical (unpaired) electrons. The number of nitrogens with zero attached hydrogens (tertiary/aromatic N) is 2. The molecule has 0 unspecified atom stereocenters. The fraction of sp³-hybridized carbons (Fsp3) is 0.381. The molecule has 1 saturated heterocycles. The Morgan fingerprint density at radius 2 is 1.65 bits per heavy atom. The molecule has 0 saturated carbocycles. The summed E-state index contributed by atoms with van der Waals surface area (Å²) < 4.78 is 55.4. The molecule has 0 spiro atoms. The van der Waals surface area contributed by atoms with Gasteiger partial charge >= 0.3 is 6.61 Å². The maximum atomic E-state index is 12.6. The predicted molar refractivity (Wildman–Crippen MR) is 111 cm³/mol. The highest BCUT2D eigenvalue weighted by Gasteiger charge is 2.28. The molecule has 1 heterocycles. The van der Waals surface area contributed by atoms with Crippen LogP contribution in [-0.2, 0) is 21.2 Å². The molecular weight excluding hydrogens is 428 g/mol. The van der Waals surface area contributed by atoms with Gasteiger partial charge in [0.15, 0.2) is 0 Å². The van der Waals surface area contributed by atoms with Gasteiger partial charge in [-0.1, -0.05) is 30.3 Å². The summed E-state index contributed by atoms with van der Waals surface area (Å²) in [6, 6.07) is 14.6. The molecule has 1 N–H and O–H groups in total. The quantitative estimate of drug-likeness (QED) is 0.628. The van der Waals surface area contributed by atoms with Gasteiger partial charge in [0.05, 0.1) is 11.4 Å². The fourth-order valence-electron chi connectivity index (χ4n) is 3.31. The lowest BCUT2D eigenvalue weighted by Gasteiger charge is -2.33. The second-order valence-electron chi connectivity index (χ2n) is 7.12. The Labute approximate surface area is 180 Å². The summed E-state index contributed by atoms with van der Waals surface area (Å²) in [5, 5.41) is 2.83. The third-order valence-electron chi connectivity index (χ3n) is 4.96. The van der Waals surface area contributed by atoms with Crippen LogP contribution in [-0.4, -0.2) is 69.4 Å². The third kappa shape index (κ3) is 6.71. The molecule has 0 atom stereocenters. The number of amides is 1. The molecule has 1 amide bonds. The number of alkyl halides is 2. The molecule has 0 aromatic heterocycles. The standard InChI is InChI=1S/C21H25F2N3O4S/c22-21(23)30-18-8-6-17(7-9-18)10-11-24-20(27)16-25-12-14-26(15-13-25)31(28,29)19-4-2-1-3-5-19/h1-9,21H,10-16H2,(H,24,27). The van der Waals surface area contributed by atoms with Crippen LogP contribution in [0.3, 0.4) is 0 Å². The summed E-state index contributed by atoms with van der Waals surface area (Å²) in [6.45, 7) is -0.632. The van der Waals surface area contributed by atoms with Crippen LogP contribution in [0.25, 0.3) is 0 Å². The molecule has 2 aromatic carbocycles. The van der Waals surface area contributed by atoms with Crippen LogP contribution in [0.2, 0.25) is 0 Å². The zero-order valence-electron chi connectivity index (χ0n) is 16.9. The molecule has 0 aliphatic carbocycles. The first-order valence-corrected chi connectivity index (χ1v) is 11.4. The summed E-state index contributed by atoms with van der Waals surface area (Å²) in [5.41, 5.74) is 0.890. The average molecular weight is 454 g/mol. The number of hydrogen-bond donors (Lipinski definition) is 1. The van der Waals surface area contributed by atoms with Crippen LogP contribution >= 0.6 is 0 Å². The van der Waals surface area contributed by atoms with E-state index in [1.54, 1.807) is 42.5 Å². The van der Waals surface area contributed by atoms with Crippen LogP contribution < -0.4 is 10.1 Å². The van der Waals surface area contributed by atoms with E-state index >= 15 is 0 Å². The number of piperazine rings is 1. The van der Waals surface area contributed by atoms with E-state index in [-0.39, 0.29) is 23.1 Å². The van der Waals surface area contributed by atoms with Crippen molar-refractivity contribution in [2.75, 3.05) is 39.3 Å². The zero-order valence-corrected chi connectivity index (χ0v) is 17.7. The second kappa shape index (κ2) is 10.7. The lowest BCUT2D eigenvalue weighted by molar-refractivity contribution is -0.122. The van der Waals surface area contributed by atoms with Gasteiger partial charge in [0.1, 0.15) is 5.75 Å². The number of ether oxygens (including phenoxy) is 1. The van der Waals surface area contributed by atoms with E-state index in [0.29, 0.717) is 39.1 Å². The SMILES string of the molecule is O=C(CN1CCN(S(=O)(=O)c2ccccc2)CC1)NCCc1ccc(OC(F)F)cc1. The van der Waals surface area contributed by atoms with Gasteiger partial charge in [0.25, 0.3) is 0 Å². The number of rotatable bonds is 9. The topological polar surface area (TPSA) is 79.0 Å². The van der Waals surface area contributed by atoms with Crippen molar-refractivity contribution in [1.82, 2.24) is 14.5 Å². The van der Waals surface area contributed by atoms with Crippen molar-refractivity contribution < 1.29 is 26.7 Å². The Morgan fingerprint density at radius 1 is 1.00 bits per heavy atom. The van der Waals surface area contributed by atoms with Crippen molar-refractivity contribution in [3.63, 3.8) is 0 Å². The molecule has 1 aliphatic rings. The van der Waals surface area contributed by atoms with Crippen LogP contribution in [0, 0.1) is 0 Å². The van der Waals surface area contributed by atoms with Gasteiger partial charge < -0.3 is 10.1 Å². The smallest absolute Gasteiger partial charge is 0.387 e. The summed E-state index contributed by atoms with van der Waals surface area (Å²) in [5.74, 6) is -0.0479. The summed E-state index contributed by atoms with van der Waals surface area (Å²) in [6.07, 6.45) is 0.559. The number of halogens is 2. The van der Waals surface area contributed by atoms with E-state index in [1.165, 1.54) is 16.4 Å². The van der Waals surface area contributed by atoms with Gasteiger partial charge in [-0.3, -0.25) is 9.69 Å². The summed E-state index contributed by atoms with van der Waals surface area (Å²) in [7, 11) is -3.51. The van der Waals surface area contributed by atoms with E-state index in [0.717, 1.165) is 5.56 Å². The number of carbonyl (C=O) groups excluding carboxylic acids is 1. The number of hydrogen-bond acceptors (Lipinski definition) is 5. The van der Waals surface area contributed by atoms with Gasteiger partial charge in [-0.05, 0) is 36.2 Å². The van der Waals surface area contributed by atoms with Gasteiger partial charge in [0.2, 0.25) is 15.9 Å². The highest BCUT2D eigenvalue weighted by atomic mass is 32.2. The summed E-state index contributed by atoms with van der Waals surface area (Å²) >= 11 is 0. The first-order valence-electron chi connectivity index (χ1n) is 9.92. The Bertz CT molecular complexity index is 948. The van der Waals surface area contributed by atoms with E-state index in [4.69, 9.17) is 0 Å². The number of benzene rings is 2. The number of sulfonamides is 1. The van der Waals surface area contributed by atoms with Crippen LogP contribution in [0.15, 0.2) is 59.5 Å². The van der Waals surface area contributed by atoms with Gasteiger partial charge in [-0.2, -0.15) is 13.1 Å². The van der Waals surface area contributed by atoms with Crippen molar-refractivity contribution in [3.05, 3.63) is 60.2 Å². The largest absolute Gasteiger partial charge is 0.435 e. The van der Waals surface area contributed by atoms with Crippen molar-refractivity contribution in [2.24, 2.45) is 0 Å². The molecule has 0 bridgehead atoms. The zero-order chi connectivity index (χ0) is 22.3. The van der Waals surface area contributed by atoms with E-state index < -0.39 is 16.6 Å². The van der Waals surface area contributed by atoms with Gasteiger partial charge in [0, 0.05) is 32.7 Å². The molecule has 31 heavy (non-hydrogen) atoms. The highest BCUT2D eigenvalue weighted by molar-refractivity contribution is 7.89. The minimum absolute atomic E-state index is 0.0937. The Morgan fingerprint density at radius 3 is 2.26 bits per heavy atom. The van der Waals surface area contributed by atoms with E-state index in [2.05, 4.69) is 10.1 Å². The average Bonchev–Trinajstić information content (AvgIpc) is 2.75. The molecule has 168 valence electrons. The molecule has 7 nitrogen and oxygen atoms in total. The molecule has 2 aromatic rings. The fourth-order valence-corrected chi connectivity index (χ4v) is 4.76. The maximum Gasteiger partial charge on any atom is 0.387 e. The first-order chi connectivity index (χ1) is 14.8. The minimum Gasteiger partial charge on any atom is -0.435 e. The summed E-state index contributed by atoms with van der Waals surface area (Å²) in [4.78, 5) is 14.4. The maximum absolute atomic E-state index is 12.6. The van der Waals surface area contributed by atoms with Gasteiger partial charge in [-0.15, -0.1) is 0 Å². The number of nitrogens with one attached hydrogen (secondary N) is 1. The van der Waals surface area contributed by atoms with Gasteiger partial charge in [-0.25, -0.2) is 8.42 Å². The van der Waals surface area contributed by atoms with Crippen molar-refractivity contribution in [3.8, 4) is 5.75 Å². The monoisotopic (exact) mass is 453 g/mol. The molecule has 1 fully saturated rings. The van der Waals surface area contributed by atoms with Crippen LogP contribution in [0.1, 0.15) is 5.56 Å². The third-order valence-corrected chi connectivity index (χ3v) is 6.88. The molecular formula is C21H25F2N3O4S. The van der Waals surface area contributed by atoms with Crippen molar-refractivity contribution >= 4 is 15.9 Å². The van der Waals surface area contributed by atoms with Crippen molar-refractivity contribution in [2.45, 2.75) is 17.9 Å². The minimum atomic E-state index is -3.51. The molecule has 10 heteroatoms. The molecule has 3 rings (SSSR count). The molecule has 1 aliphatic heterocycles. The highest BCUT2D eigenvalue weighted by Crippen LogP contribution is 2.17. The van der Waals surface area contributed by atoms with E-state index in [9.17, 15) is 22.0 Å². The Kier molecular flexibility index (Phi) is 7.94. The van der Waals surface area contributed by atoms with Crippen LogP contribution in [0.5, 0.6) is 5.75 Å². The number of carbonyl (C=O) groups is 1. The normalized spacial score (nSPS) is 15.7. The van der Waals surface area contributed by atoms with Crippen molar-refractivity contribution in [1.29, 1.82) is 0 Å². The lowest BCUT2D eigenvalue weighted by atomic mass is 10.1. The first kappa shape index (κ1) is 23.1. The van der Waals surface area contributed by atoms with E-state index in [1.807, 2.05) is 4.90 Å². The van der Waals surface area contributed by atoms with Crippen LogP contribution in [0.4, 0.5) is 8.78 Å². The second-order valence-corrected chi connectivity index (χ2v) is 9.05. The predicted octanol–water partition coefficient (Wildman–Crippen LogP) is 1.95. The Balaban J connectivity index is 1.38. The Hall–Kier alpha value is -2.56.